The first kappa shape index (κ1) is 21.3. The van der Waals surface area contributed by atoms with Gasteiger partial charge in [-0.2, -0.15) is 0 Å². The summed E-state index contributed by atoms with van der Waals surface area (Å²) >= 11 is 1.70. The van der Waals surface area contributed by atoms with Crippen LogP contribution in [0.1, 0.15) is 30.4 Å². The van der Waals surface area contributed by atoms with Crippen molar-refractivity contribution in [3.05, 3.63) is 35.4 Å². The van der Waals surface area contributed by atoms with Crippen LogP contribution in [0, 0.1) is 6.92 Å². The number of hydrogen-bond donors (Lipinski definition) is 1. The molecule has 1 aromatic carbocycles. The van der Waals surface area contributed by atoms with Gasteiger partial charge in [0.1, 0.15) is 0 Å². The summed E-state index contributed by atoms with van der Waals surface area (Å²) in [6, 6.07) is 8.47. The highest BCUT2D eigenvalue weighted by atomic mass is 35.5. The Labute approximate surface area is 155 Å². The van der Waals surface area contributed by atoms with Crippen LogP contribution in [-0.4, -0.2) is 48.9 Å². The molecule has 6 heteroatoms. The SMILES string of the molecule is Cc1cccc(CSCC(=O)N2CCC(OCCCN)CC2)c1.Cl. The number of likely N-dealkylation sites (tertiary alicyclic amines) is 1. The molecule has 0 spiro atoms. The molecule has 4 nitrogen and oxygen atoms in total. The minimum atomic E-state index is 0. The van der Waals surface area contributed by atoms with Crippen LogP contribution in [0.4, 0.5) is 0 Å². The largest absolute Gasteiger partial charge is 0.378 e. The molecule has 0 aliphatic carbocycles. The maximum Gasteiger partial charge on any atom is 0.232 e. The van der Waals surface area contributed by atoms with Gasteiger partial charge in [0.2, 0.25) is 5.91 Å². The fourth-order valence-electron chi connectivity index (χ4n) is 2.75. The zero-order valence-corrected chi connectivity index (χ0v) is 16.0. The van der Waals surface area contributed by atoms with Crippen LogP contribution in [0.5, 0.6) is 0 Å². The van der Waals surface area contributed by atoms with Crippen LogP contribution in [0.2, 0.25) is 0 Å². The molecule has 1 aliphatic rings. The number of piperidine rings is 1. The summed E-state index contributed by atoms with van der Waals surface area (Å²) in [6.07, 6.45) is 3.09. The van der Waals surface area contributed by atoms with E-state index in [0.717, 1.165) is 44.7 Å². The number of nitrogens with two attached hydrogens (primary N) is 1. The van der Waals surface area contributed by atoms with Crippen LogP contribution in [0.15, 0.2) is 24.3 Å². The van der Waals surface area contributed by atoms with Crippen molar-refractivity contribution in [1.29, 1.82) is 0 Å². The second kappa shape index (κ2) is 11.7. The van der Waals surface area contributed by atoms with Gasteiger partial charge in [0.15, 0.2) is 0 Å². The molecule has 0 radical (unpaired) electrons. The monoisotopic (exact) mass is 372 g/mol. The fraction of sp³-hybridized carbons (Fsp3) is 0.611. The summed E-state index contributed by atoms with van der Waals surface area (Å²) in [7, 11) is 0. The number of thioether (sulfide) groups is 1. The average molecular weight is 373 g/mol. The summed E-state index contributed by atoms with van der Waals surface area (Å²) in [4.78, 5) is 14.2. The fourth-order valence-corrected chi connectivity index (χ4v) is 3.63. The number of ether oxygens (including phenoxy) is 1. The van der Waals surface area contributed by atoms with Crippen LogP contribution < -0.4 is 5.73 Å². The van der Waals surface area contributed by atoms with Gasteiger partial charge in [0.05, 0.1) is 11.9 Å². The van der Waals surface area contributed by atoms with Crippen molar-refractivity contribution < 1.29 is 9.53 Å². The van der Waals surface area contributed by atoms with Crippen LogP contribution in [0.25, 0.3) is 0 Å². The molecule has 136 valence electrons. The van der Waals surface area contributed by atoms with E-state index < -0.39 is 0 Å². The average Bonchev–Trinajstić information content (AvgIpc) is 2.56. The van der Waals surface area contributed by atoms with E-state index in [4.69, 9.17) is 10.5 Å². The van der Waals surface area contributed by atoms with Crippen molar-refractivity contribution in [2.45, 2.75) is 38.0 Å². The number of hydrogen-bond acceptors (Lipinski definition) is 4. The molecule has 1 aliphatic heterocycles. The summed E-state index contributed by atoms with van der Waals surface area (Å²) in [5.41, 5.74) is 8.02. The van der Waals surface area contributed by atoms with Crippen molar-refractivity contribution in [2.75, 3.05) is 32.0 Å². The van der Waals surface area contributed by atoms with E-state index in [-0.39, 0.29) is 18.3 Å². The Balaban J connectivity index is 0.00000288. The minimum Gasteiger partial charge on any atom is -0.378 e. The third kappa shape index (κ3) is 7.43. The molecular formula is C18H29ClN2O2S. The number of amides is 1. The van der Waals surface area contributed by atoms with Gasteiger partial charge in [-0.1, -0.05) is 29.8 Å². The molecule has 1 aromatic rings. The Hall–Kier alpha value is -0.750. The van der Waals surface area contributed by atoms with E-state index in [1.165, 1.54) is 11.1 Å². The first-order chi connectivity index (χ1) is 11.2. The number of aryl methyl sites for hydroxylation is 1. The smallest absolute Gasteiger partial charge is 0.232 e. The Morgan fingerprint density at radius 2 is 2.12 bits per heavy atom. The highest BCUT2D eigenvalue weighted by Gasteiger charge is 2.22. The van der Waals surface area contributed by atoms with Crippen molar-refractivity contribution in [3.63, 3.8) is 0 Å². The zero-order valence-electron chi connectivity index (χ0n) is 14.4. The summed E-state index contributed by atoms with van der Waals surface area (Å²) in [5, 5.41) is 0. The molecule has 24 heavy (non-hydrogen) atoms. The van der Waals surface area contributed by atoms with Gasteiger partial charge in [-0.05, 0) is 38.3 Å². The number of rotatable bonds is 8. The molecule has 2 rings (SSSR count). The summed E-state index contributed by atoms with van der Waals surface area (Å²) < 4.78 is 5.78. The third-order valence-electron chi connectivity index (χ3n) is 4.07. The number of carbonyl (C=O) groups is 1. The standard InChI is InChI=1S/C18H28N2O2S.ClH/c1-15-4-2-5-16(12-15)13-23-14-18(21)20-9-6-17(7-10-20)22-11-3-8-19;/h2,4-5,12,17H,3,6-11,13-14,19H2,1H3;1H. The van der Waals surface area contributed by atoms with Gasteiger partial charge in [-0.25, -0.2) is 0 Å². The van der Waals surface area contributed by atoms with E-state index in [1.807, 2.05) is 4.90 Å². The highest BCUT2D eigenvalue weighted by Crippen LogP contribution is 2.17. The Morgan fingerprint density at radius 1 is 1.38 bits per heavy atom. The molecule has 2 N–H and O–H groups in total. The highest BCUT2D eigenvalue weighted by molar-refractivity contribution is 7.99. The van der Waals surface area contributed by atoms with Crippen LogP contribution >= 0.6 is 24.2 Å². The van der Waals surface area contributed by atoms with Gasteiger partial charge >= 0.3 is 0 Å². The molecule has 0 bridgehead atoms. The topological polar surface area (TPSA) is 55.6 Å². The number of halogens is 1. The summed E-state index contributed by atoms with van der Waals surface area (Å²) in [5.74, 6) is 1.71. The molecule has 0 atom stereocenters. The van der Waals surface area contributed by atoms with Crippen LogP contribution in [-0.2, 0) is 15.3 Å². The maximum atomic E-state index is 12.3. The Morgan fingerprint density at radius 3 is 2.79 bits per heavy atom. The second-order valence-electron chi connectivity index (χ2n) is 6.08. The summed E-state index contributed by atoms with van der Waals surface area (Å²) in [6.45, 7) is 5.14. The van der Waals surface area contributed by atoms with Gasteiger partial charge in [-0.15, -0.1) is 24.2 Å². The van der Waals surface area contributed by atoms with E-state index in [9.17, 15) is 4.79 Å². The van der Waals surface area contributed by atoms with Crippen molar-refractivity contribution in [3.8, 4) is 0 Å². The quantitative estimate of drug-likeness (QED) is 0.712. The molecular weight excluding hydrogens is 344 g/mol. The molecule has 1 fully saturated rings. The normalized spacial score (nSPS) is 15.2. The molecule has 1 amide bonds. The van der Waals surface area contributed by atoms with E-state index in [1.54, 1.807) is 11.8 Å². The number of benzene rings is 1. The van der Waals surface area contributed by atoms with Gasteiger partial charge in [-0.3, -0.25) is 4.79 Å². The van der Waals surface area contributed by atoms with Crippen LogP contribution in [0.3, 0.4) is 0 Å². The van der Waals surface area contributed by atoms with E-state index >= 15 is 0 Å². The van der Waals surface area contributed by atoms with Crippen molar-refractivity contribution >= 4 is 30.1 Å². The molecule has 1 heterocycles. The first-order valence-electron chi connectivity index (χ1n) is 8.42. The lowest BCUT2D eigenvalue weighted by Crippen LogP contribution is -2.41. The zero-order chi connectivity index (χ0) is 16.5. The maximum absolute atomic E-state index is 12.3. The van der Waals surface area contributed by atoms with Crippen molar-refractivity contribution in [2.24, 2.45) is 5.73 Å². The first-order valence-corrected chi connectivity index (χ1v) is 9.57. The number of nitrogens with zero attached hydrogens (tertiary/aromatic N) is 1. The minimum absolute atomic E-state index is 0. The van der Waals surface area contributed by atoms with Crippen molar-refractivity contribution in [1.82, 2.24) is 4.90 Å². The van der Waals surface area contributed by atoms with Gasteiger partial charge in [0.25, 0.3) is 0 Å². The lowest BCUT2D eigenvalue weighted by atomic mass is 10.1. The molecule has 0 unspecified atom stereocenters. The second-order valence-corrected chi connectivity index (χ2v) is 7.06. The Bertz CT molecular complexity index is 494. The third-order valence-corrected chi connectivity index (χ3v) is 5.06. The van der Waals surface area contributed by atoms with E-state index in [2.05, 4.69) is 31.2 Å². The predicted octanol–water partition coefficient (Wildman–Crippen LogP) is 3.01. The lowest BCUT2D eigenvalue weighted by Gasteiger charge is -2.32. The molecule has 0 saturated carbocycles. The lowest BCUT2D eigenvalue weighted by molar-refractivity contribution is -0.130. The number of carbonyl (C=O) groups excluding carboxylic acids is 1. The van der Waals surface area contributed by atoms with E-state index in [0.29, 0.717) is 18.4 Å². The predicted molar refractivity (Wildman–Crippen MR) is 104 cm³/mol. The van der Waals surface area contributed by atoms with Gasteiger partial charge < -0.3 is 15.4 Å². The molecule has 1 saturated heterocycles. The Kier molecular flexibility index (Phi) is 10.4. The van der Waals surface area contributed by atoms with Gasteiger partial charge in [0, 0.05) is 25.4 Å². The molecule has 0 aromatic heterocycles.